The van der Waals surface area contributed by atoms with Crippen molar-refractivity contribution in [1.29, 1.82) is 0 Å². The number of hydrogen-bond donors (Lipinski definition) is 4. The molecule has 0 radical (unpaired) electrons. The zero-order chi connectivity index (χ0) is 22.0. The molecule has 3 rings (SSSR count). The van der Waals surface area contributed by atoms with Gasteiger partial charge in [0.15, 0.2) is 10.8 Å². The van der Waals surface area contributed by atoms with Crippen molar-refractivity contribution in [2.75, 3.05) is 13.1 Å². The highest BCUT2D eigenvalue weighted by atomic mass is 32.2. The minimum atomic E-state index is -1.30. The van der Waals surface area contributed by atoms with Crippen molar-refractivity contribution < 1.29 is 34.1 Å². The third-order valence-electron chi connectivity index (χ3n) is 4.58. The number of ether oxygens (including phenoxy) is 1. The van der Waals surface area contributed by atoms with Gasteiger partial charge in [0, 0.05) is 25.6 Å². The molecular formula is C19H21N3O7S. The molecule has 2 aliphatic rings. The number of nitrogens with zero attached hydrogens (tertiary/aromatic N) is 1. The lowest BCUT2D eigenvalue weighted by molar-refractivity contribution is -0.156. The van der Waals surface area contributed by atoms with Gasteiger partial charge in [0.05, 0.1) is 12.0 Å². The molecule has 0 bridgehead atoms. The molecule has 0 aliphatic carbocycles. The first kappa shape index (κ1) is 21.7. The summed E-state index contributed by atoms with van der Waals surface area (Å²) in [7, 11) is 0. The van der Waals surface area contributed by atoms with E-state index in [2.05, 4.69) is 10.6 Å². The van der Waals surface area contributed by atoms with Crippen molar-refractivity contribution in [1.82, 2.24) is 15.5 Å². The summed E-state index contributed by atoms with van der Waals surface area (Å²) in [6.07, 6.45) is -0.899. The molecule has 160 valence electrons. The summed E-state index contributed by atoms with van der Waals surface area (Å²) < 4.78 is 5.67. The van der Waals surface area contributed by atoms with Crippen LogP contribution in [0.15, 0.2) is 35.1 Å². The second kappa shape index (κ2) is 8.76. The number of hydrogen-bond acceptors (Lipinski definition) is 7. The number of aliphatic hydroxyl groups is 1. The summed E-state index contributed by atoms with van der Waals surface area (Å²) in [4.78, 5) is 47.9. The number of carboxylic acids is 1. The highest BCUT2D eigenvalue weighted by Crippen LogP contribution is 2.50. The molecule has 0 spiro atoms. The molecular weight excluding hydrogens is 414 g/mol. The standard InChI is InChI=1S/C19H21N3O7S/c1-9(23)13-16(26)22-14(18(27)28)19(30-17(13)22)29-12-5-3-11(4-6-12)15(25)21-8-7-20-10(2)24/h3-6,9,13,17,23H,7-8H2,1-2H3,(H,20,24)(H,21,25)(H,27,28)/t9-,13+,17-/m1/s1. The highest BCUT2D eigenvalue weighted by molar-refractivity contribution is 8.03. The quantitative estimate of drug-likeness (QED) is 0.332. The van der Waals surface area contributed by atoms with E-state index in [0.29, 0.717) is 17.9 Å². The van der Waals surface area contributed by atoms with Crippen molar-refractivity contribution in [3.05, 3.63) is 40.6 Å². The summed E-state index contributed by atoms with van der Waals surface area (Å²) in [5, 5.41) is 24.0. The molecule has 2 heterocycles. The first-order valence-electron chi connectivity index (χ1n) is 9.16. The first-order chi connectivity index (χ1) is 14.2. The van der Waals surface area contributed by atoms with Crippen molar-refractivity contribution >= 4 is 35.5 Å². The molecule has 1 aromatic carbocycles. The van der Waals surface area contributed by atoms with Gasteiger partial charge in [0.1, 0.15) is 11.1 Å². The molecule has 0 saturated carbocycles. The van der Waals surface area contributed by atoms with E-state index >= 15 is 0 Å². The van der Waals surface area contributed by atoms with E-state index in [1.165, 1.54) is 38.1 Å². The zero-order valence-corrected chi connectivity index (χ0v) is 17.1. The van der Waals surface area contributed by atoms with Gasteiger partial charge >= 0.3 is 5.97 Å². The number of amides is 3. The predicted molar refractivity (Wildman–Crippen MR) is 106 cm³/mol. The smallest absolute Gasteiger partial charge is 0.357 e. The number of aliphatic hydroxyl groups excluding tert-OH is 1. The Morgan fingerprint density at radius 2 is 1.83 bits per heavy atom. The number of carboxylic acid groups (broad SMARTS) is 1. The molecule has 0 unspecified atom stereocenters. The van der Waals surface area contributed by atoms with E-state index in [1.54, 1.807) is 0 Å². The average molecular weight is 435 g/mol. The monoisotopic (exact) mass is 435 g/mol. The van der Waals surface area contributed by atoms with Gasteiger partial charge in [-0.3, -0.25) is 19.3 Å². The van der Waals surface area contributed by atoms with Crippen molar-refractivity contribution in [3.63, 3.8) is 0 Å². The molecule has 3 atom stereocenters. The lowest BCUT2D eigenvalue weighted by Gasteiger charge is -2.43. The zero-order valence-electron chi connectivity index (χ0n) is 16.2. The Labute approximate surface area is 176 Å². The van der Waals surface area contributed by atoms with E-state index in [4.69, 9.17) is 4.74 Å². The number of benzene rings is 1. The maximum Gasteiger partial charge on any atom is 0.357 e. The van der Waals surface area contributed by atoms with Crippen LogP contribution >= 0.6 is 11.8 Å². The molecule has 4 N–H and O–H groups in total. The molecule has 2 aliphatic heterocycles. The van der Waals surface area contributed by atoms with Gasteiger partial charge < -0.3 is 25.6 Å². The number of carbonyl (C=O) groups is 4. The third kappa shape index (κ3) is 4.26. The molecule has 30 heavy (non-hydrogen) atoms. The second-order valence-electron chi connectivity index (χ2n) is 6.79. The summed E-state index contributed by atoms with van der Waals surface area (Å²) >= 11 is 1.07. The molecule has 1 fully saturated rings. The Hall–Kier alpha value is -3.05. The first-order valence-corrected chi connectivity index (χ1v) is 10.0. The second-order valence-corrected chi connectivity index (χ2v) is 7.88. The van der Waals surface area contributed by atoms with E-state index in [0.717, 1.165) is 16.7 Å². The Balaban J connectivity index is 1.65. The minimum absolute atomic E-state index is 0.0523. The Morgan fingerprint density at radius 1 is 1.20 bits per heavy atom. The Morgan fingerprint density at radius 3 is 2.40 bits per heavy atom. The third-order valence-corrected chi connectivity index (χ3v) is 5.82. The molecule has 1 saturated heterocycles. The molecule has 1 aromatic rings. The Bertz CT molecular complexity index is 913. The predicted octanol–water partition coefficient (Wildman–Crippen LogP) is 0.0971. The Kier molecular flexibility index (Phi) is 6.32. The van der Waals surface area contributed by atoms with Crippen LogP contribution in [-0.4, -0.2) is 63.4 Å². The van der Waals surface area contributed by atoms with Crippen molar-refractivity contribution in [2.24, 2.45) is 5.92 Å². The minimum Gasteiger partial charge on any atom is -0.476 e. The molecule has 3 amide bonds. The van der Waals surface area contributed by atoms with Crippen LogP contribution in [0.2, 0.25) is 0 Å². The maximum atomic E-state index is 12.2. The topological polar surface area (TPSA) is 145 Å². The fourth-order valence-corrected chi connectivity index (χ4v) is 4.59. The largest absolute Gasteiger partial charge is 0.476 e. The van der Waals surface area contributed by atoms with Crippen LogP contribution in [0, 0.1) is 5.92 Å². The molecule has 10 nitrogen and oxygen atoms in total. The number of rotatable bonds is 8. The SMILES string of the molecule is CC(=O)NCCNC(=O)c1ccc(OC2=C(C(=O)O)N3C(=O)[C@H]([C@@H](C)O)[C@H]3S2)cc1. The van der Waals surface area contributed by atoms with Crippen LogP contribution in [0.4, 0.5) is 0 Å². The molecule has 11 heteroatoms. The van der Waals surface area contributed by atoms with Crippen LogP contribution in [-0.2, 0) is 14.4 Å². The number of fused-ring (bicyclic) bond motifs is 1. The number of aliphatic carboxylic acids is 1. The van der Waals surface area contributed by atoms with Gasteiger partial charge in [-0.15, -0.1) is 0 Å². The lowest BCUT2D eigenvalue weighted by Crippen LogP contribution is -2.60. The van der Waals surface area contributed by atoms with E-state index < -0.39 is 29.3 Å². The maximum absolute atomic E-state index is 12.2. The fourth-order valence-electron chi connectivity index (χ4n) is 3.12. The van der Waals surface area contributed by atoms with E-state index in [9.17, 15) is 29.4 Å². The van der Waals surface area contributed by atoms with Gasteiger partial charge in [-0.1, -0.05) is 11.8 Å². The summed E-state index contributed by atoms with van der Waals surface area (Å²) in [6, 6.07) is 6.06. The number of nitrogens with one attached hydrogen (secondary N) is 2. The lowest BCUT2D eigenvalue weighted by atomic mass is 9.92. The van der Waals surface area contributed by atoms with E-state index in [1.807, 2.05) is 0 Å². The molecule has 0 aromatic heterocycles. The van der Waals surface area contributed by atoms with Gasteiger partial charge in [-0.2, -0.15) is 0 Å². The number of carbonyl (C=O) groups excluding carboxylic acids is 3. The van der Waals surface area contributed by atoms with Gasteiger partial charge in [0.25, 0.3) is 5.91 Å². The van der Waals surface area contributed by atoms with Gasteiger partial charge in [-0.05, 0) is 31.2 Å². The van der Waals surface area contributed by atoms with Crippen LogP contribution in [0.1, 0.15) is 24.2 Å². The summed E-state index contributed by atoms with van der Waals surface area (Å²) in [5.74, 6) is -2.65. The van der Waals surface area contributed by atoms with Crippen LogP contribution in [0.5, 0.6) is 5.75 Å². The van der Waals surface area contributed by atoms with Crippen LogP contribution < -0.4 is 15.4 Å². The summed E-state index contributed by atoms with van der Waals surface area (Å²) in [6.45, 7) is 3.46. The average Bonchev–Trinajstić information content (AvgIpc) is 2.99. The highest BCUT2D eigenvalue weighted by Gasteiger charge is 2.58. The normalized spacial score (nSPS) is 20.9. The van der Waals surface area contributed by atoms with Crippen molar-refractivity contribution in [3.8, 4) is 5.75 Å². The number of thioether (sulfide) groups is 1. The van der Waals surface area contributed by atoms with Gasteiger partial charge in [0.2, 0.25) is 11.8 Å². The summed E-state index contributed by atoms with van der Waals surface area (Å²) in [5.41, 5.74) is 0.108. The van der Waals surface area contributed by atoms with Crippen molar-refractivity contribution in [2.45, 2.75) is 25.3 Å². The van der Waals surface area contributed by atoms with E-state index in [-0.39, 0.29) is 29.1 Å². The number of β-lactam (4-membered cyclic amide) rings is 1. The van der Waals surface area contributed by atoms with Gasteiger partial charge in [-0.25, -0.2) is 4.79 Å². The fraction of sp³-hybridized carbons (Fsp3) is 0.368. The van der Waals surface area contributed by atoms with Crippen LogP contribution in [0.3, 0.4) is 0 Å². The van der Waals surface area contributed by atoms with Crippen LogP contribution in [0.25, 0.3) is 0 Å².